The highest BCUT2D eigenvalue weighted by Crippen LogP contribution is 2.39. The Bertz CT molecular complexity index is 1440. The van der Waals surface area contributed by atoms with E-state index in [1.807, 2.05) is 54.6 Å². The van der Waals surface area contributed by atoms with E-state index in [-0.39, 0.29) is 12.1 Å². The molecule has 1 amide bonds. The van der Waals surface area contributed by atoms with Gasteiger partial charge in [0.15, 0.2) is 6.10 Å². The Balaban J connectivity index is 1.42. The van der Waals surface area contributed by atoms with E-state index in [2.05, 4.69) is 47.4 Å². The highest BCUT2D eigenvalue weighted by molar-refractivity contribution is 5.67. The molecule has 0 bridgehead atoms. The summed E-state index contributed by atoms with van der Waals surface area (Å²) >= 11 is 0. The summed E-state index contributed by atoms with van der Waals surface area (Å²) in [6, 6.07) is 31.5. The molecule has 4 atom stereocenters. The Morgan fingerprint density at radius 3 is 1.58 bits per heavy atom. The first-order valence-corrected chi connectivity index (χ1v) is 18.9. The lowest BCUT2D eigenvalue weighted by molar-refractivity contribution is -0.154. The van der Waals surface area contributed by atoms with Gasteiger partial charge in [-0.3, -0.25) is 4.90 Å². The van der Waals surface area contributed by atoms with E-state index in [1.165, 1.54) is 69.1 Å². The van der Waals surface area contributed by atoms with Crippen molar-refractivity contribution in [1.82, 2.24) is 9.80 Å². The van der Waals surface area contributed by atoms with Gasteiger partial charge >= 0.3 is 6.09 Å². The molecule has 50 heavy (non-hydrogen) atoms. The van der Waals surface area contributed by atoms with E-state index >= 15 is 0 Å². The van der Waals surface area contributed by atoms with Gasteiger partial charge < -0.3 is 23.8 Å². The summed E-state index contributed by atoms with van der Waals surface area (Å²) in [5, 5.41) is 0. The molecule has 0 aromatic heterocycles. The van der Waals surface area contributed by atoms with Gasteiger partial charge in [0.05, 0.1) is 32.5 Å². The van der Waals surface area contributed by atoms with Gasteiger partial charge in [0.2, 0.25) is 0 Å². The Hall–Kier alpha value is -3.49. The molecule has 2 fully saturated rings. The van der Waals surface area contributed by atoms with Crippen LogP contribution in [0.1, 0.15) is 80.9 Å². The fourth-order valence-corrected chi connectivity index (χ4v) is 8.05. The second-order valence-electron chi connectivity index (χ2n) is 14.5. The smallest absolute Gasteiger partial charge is 0.409 e. The number of nitrogens with zero attached hydrogens (tertiary/aromatic N) is 2. The number of hydrogen-bond donors (Lipinski definition) is 0. The maximum atomic E-state index is 13.6. The van der Waals surface area contributed by atoms with Crippen molar-refractivity contribution in [3.05, 3.63) is 119 Å². The van der Waals surface area contributed by atoms with Crippen LogP contribution >= 0.6 is 0 Å². The average Bonchev–Trinajstić information content (AvgIpc) is 3.16. The van der Waals surface area contributed by atoms with Crippen molar-refractivity contribution >= 4 is 6.09 Å². The lowest BCUT2D eigenvalue weighted by Crippen LogP contribution is -2.63. The minimum Gasteiger partial charge on any atom is -0.441 e. The molecule has 0 heterocycles. The molecule has 3 aliphatic carbocycles. The third-order valence-corrected chi connectivity index (χ3v) is 10.6. The van der Waals surface area contributed by atoms with Crippen LogP contribution in [0, 0.1) is 0 Å². The standard InChI is InChI=1S/C43H56N2O5/c1-44(2)43(46)50-41-39(45(37-24-14-6-15-25-37)38-26-16-7-17-27-38)28-36(32-47-29-33-18-8-3-9-19-33)40(48-30-34-20-10-4-11-21-34)42(41)49-31-35-22-12-5-13-23-35/h3-5,8-13,18-23,28,37-42H,6-7,14-17,24-27,29-32H2,1-2H3/t39-,40+,41+,42-/m0/s1. The number of amides is 1. The molecule has 268 valence electrons. The molecule has 3 aromatic carbocycles. The maximum absolute atomic E-state index is 13.6. The Kier molecular flexibility index (Phi) is 13.5. The number of rotatable bonds is 14. The molecule has 2 saturated carbocycles. The van der Waals surface area contributed by atoms with Gasteiger partial charge in [-0.25, -0.2) is 4.79 Å². The van der Waals surface area contributed by atoms with Gasteiger partial charge in [0.25, 0.3) is 0 Å². The van der Waals surface area contributed by atoms with Crippen LogP contribution in [0.3, 0.4) is 0 Å². The molecular formula is C43H56N2O5. The van der Waals surface area contributed by atoms with Gasteiger partial charge in [-0.15, -0.1) is 0 Å². The predicted molar refractivity (Wildman–Crippen MR) is 198 cm³/mol. The third-order valence-electron chi connectivity index (χ3n) is 10.6. The lowest BCUT2D eigenvalue weighted by Gasteiger charge is -2.51. The molecule has 0 N–H and O–H groups in total. The first-order chi connectivity index (χ1) is 24.6. The molecule has 7 heteroatoms. The zero-order valence-electron chi connectivity index (χ0n) is 30.0. The summed E-state index contributed by atoms with van der Waals surface area (Å²) in [7, 11) is 3.50. The molecule has 0 radical (unpaired) electrons. The van der Waals surface area contributed by atoms with Crippen molar-refractivity contribution in [2.45, 2.75) is 120 Å². The number of ether oxygens (including phenoxy) is 4. The second kappa shape index (κ2) is 18.7. The zero-order chi connectivity index (χ0) is 34.5. The normalized spacial score (nSPS) is 23.4. The second-order valence-corrected chi connectivity index (χ2v) is 14.5. The van der Waals surface area contributed by atoms with Gasteiger partial charge in [-0.1, -0.05) is 136 Å². The number of benzene rings is 3. The van der Waals surface area contributed by atoms with Gasteiger partial charge in [-0.2, -0.15) is 0 Å². The van der Waals surface area contributed by atoms with E-state index in [9.17, 15) is 4.79 Å². The topological polar surface area (TPSA) is 60.5 Å². The van der Waals surface area contributed by atoms with Crippen LogP contribution in [-0.2, 0) is 38.8 Å². The molecule has 0 spiro atoms. The molecule has 6 rings (SSSR count). The number of hydrogen-bond acceptors (Lipinski definition) is 6. The monoisotopic (exact) mass is 680 g/mol. The number of carbonyl (C=O) groups is 1. The quantitative estimate of drug-likeness (QED) is 0.159. The van der Waals surface area contributed by atoms with Crippen LogP contribution in [0.2, 0.25) is 0 Å². The van der Waals surface area contributed by atoms with E-state index in [4.69, 9.17) is 18.9 Å². The van der Waals surface area contributed by atoms with Crippen LogP contribution in [0.25, 0.3) is 0 Å². The van der Waals surface area contributed by atoms with E-state index in [1.54, 1.807) is 14.1 Å². The minimum atomic E-state index is -0.573. The highest BCUT2D eigenvalue weighted by Gasteiger charge is 2.49. The van der Waals surface area contributed by atoms with Crippen molar-refractivity contribution < 1.29 is 23.7 Å². The molecule has 0 saturated heterocycles. The zero-order valence-corrected chi connectivity index (χ0v) is 30.0. The van der Waals surface area contributed by atoms with E-state index < -0.39 is 18.3 Å². The van der Waals surface area contributed by atoms with Crippen molar-refractivity contribution in [3.8, 4) is 0 Å². The molecule has 0 aliphatic heterocycles. The van der Waals surface area contributed by atoms with Gasteiger partial charge in [-0.05, 0) is 47.9 Å². The Labute approximate surface area is 299 Å². The molecule has 0 unspecified atom stereocenters. The largest absolute Gasteiger partial charge is 0.441 e. The van der Waals surface area contributed by atoms with Crippen LogP contribution in [-0.4, -0.2) is 73.0 Å². The Morgan fingerprint density at radius 2 is 1.08 bits per heavy atom. The lowest BCUT2D eigenvalue weighted by atomic mass is 9.81. The van der Waals surface area contributed by atoms with Crippen molar-refractivity contribution in [1.29, 1.82) is 0 Å². The summed E-state index contributed by atoms with van der Waals surface area (Å²) in [6.45, 7) is 1.68. The van der Waals surface area contributed by atoms with Crippen molar-refractivity contribution in [3.63, 3.8) is 0 Å². The average molecular weight is 681 g/mol. The molecular weight excluding hydrogens is 624 g/mol. The predicted octanol–water partition coefficient (Wildman–Crippen LogP) is 8.72. The number of carbonyl (C=O) groups excluding carboxylic acids is 1. The van der Waals surface area contributed by atoms with Crippen LogP contribution in [0.4, 0.5) is 4.79 Å². The van der Waals surface area contributed by atoms with E-state index in [0.717, 1.165) is 22.3 Å². The summed E-state index contributed by atoms with van der Waals surface area (Å²) < 4.78 is 26.9. The first-order valence-electron chi connectivity index (χ1n) is 18.9. The summed E-state index contributed by atoms with van der Waals surface area (Å²) in [4.78, 5) is 17.9. The third kappa shape index (κ3) is 9.85. The fraction of sp³-hybridized carbons (Fsp3) is 0.512. The summed E-state index contributed by atoms with van der Waals surface area (Å²) in [6.07, 6.45) is 12.5. The highest BCUT2D eigenvalue weighted by atomic mass is 16.6. The van der Waals surface area contributed by atoms with Gasteiger partial charge in [0.1, 0.15) is 12.2 Å². The Morgan fingerprint density at radius 1 is 0.600 bits per heavy atom. The molecule has 3 aromatic rings. The van der Waals surface area contributed by atoms with Crippen LogP contribution in [0.15, 0.2) is 103 Å². The maximum Gasteiger partial charge on any atom is 0.409 e. The minimum absolute atomic E-state index is 0.169. The fourth-order valence-electron chi connectivity index (χ4n) is 8.05. The van der Waals surface area contributed by atoms with Gasteiger partial charge in [0, 0.05) is 26.2 Å². The SMILES string of the molecule is CN(C)C(=O)O[C@H]1[C@@H](OCc2ccccc2)[C@H](OCc2ccccc2)C(COCc2ccccc2)=C[C@@H]1N(C1CCCCC1)C1CCCCC1. The van der Waals surface area contributed by atoms with Crippen LogP contribution in [0.5, 0.6) is 0 Å². The molecule has 3 aliphatic rings. The van der Waals surface area contributed by atoms with Crippen LogP contribution < -0.4 is 0 Å². The van der Waals surface area contributed by atoms with E-state index in [0.29, 0.717) is 38.5 Å². The first kappa shape index (κ1) is 36.3. The van der Waals surface area contributed by atoms with Crippen molar-refractivity contribution in [2.75, 3.05) is 20.7 Å². The summed E-state index contributed by atoms with van der Waals surface area (Å²) in [5.41, 5.74) is 4.32. The molecule has 7 nitrogen and oxygen atoms in total. The summed E-state index contributed by atoms with van der Waals surface area (Å²) in [5.74, 6) is 0. The van der Waals surface area contributed by atoms with Crippen molar-refractivity contribution in [2.24, 2.45) is 0 Å².